The van der Waals surface area contributed by atoms with Crippen molar-refractivity contribution >= 4 is 49.5 Å². The van der Waals surface area contributed by atoms with Gasteiger partial charge in [-0.05, 0) is 13.0 Å². The van der Waals surface area contributed by atoms with E-state index in [0.29, 0.717) is 26.5 Å². The van der Waals surface area contributed by atoms with Crippen LogP contribution in [-0.2, 0) is 26.8 Å². The summed E-state index contributed by atoms with van der Waals surface area (Å²) in [5.74, 6) is -2.68. The first kappa shape index (κ1) is 30.3. The number of rotatable bonds is 5. The molecule has 0 bridgehead atoms. The summed E-state index contributed by atoms with van der Waals surface area (Å²) in [4.78, 5) is 44.8. The van der Waals surface area contributed by atoms with Crippen molar-refractivity contribution in [3.05, 3.63) is 58.4 Å². The number of aliphatic hydroxyl groups excluding tert-OH is 1. The molecule has 1 saturated heterocycles. The Morgan fingerprint density at radius 1 is 1.27 bits per heavy atom. The first-order chi connectivity index (χ1) is 18.9. The molecule has 5 heterocycles. The van der Waals surface area contributed by atoms with Gasteiger partial charge in [0.2, 0.25) is 11.7 Å². The summed E-state index contributed by atoms with van der Waals surface area (Å²) in [6.45, 7) is 5.37. The predicted octanol–water partition coefficient (Wildman–Crippen LogP) is 1.46. The van der Waals surface area contributed by atoms with Gasteiger partial charge in [0.1, 0.15) is 29.6 Å². The Morgan fingerprint density at radius 3 is 2.39 bits per heavy atom. The molecule has 2 aliphatic heterocycles. The van der Waals surface area contributed by atoms with Gasteiger partial charge in [0, 0.05) is 30.7 Å². The highest BCUT2D eigenvalue weighted by molar-refractivity contribution is 7.86. The van der Waals surface area contributed by atoms with Crippen molar-refractivity contribution in [3.8, 4) is 0 Å². The lowest BCUT2D eigenvalue weighted by Gasteiger charge is -2.46. The van der Waals surface area contributed by atoms with Gasteiger partial charge in [-0.1, -0.05) is 6.92 Å². The van der Waals surface area contributed by atoms with Gasteiger partial charge in [-0.3, -0.25) is 14.0 Å². The van der Waals surface area contributed by atoms with Gasteiger partial charge in [0.05, 0.1) is 28.5 Å². The number of thiazole rings is 1. The van der Waals surface area contributed by atoms with E-state index in [9.17, 15) is 37.8 Å². The van der Waals surface area contributed by atoms with E-state index >= 15 is 0 Å². The maximum absolute atomic E-state index is 13.2. The fourth-order valence-corrected chi connectivity index (χ4v) is 6.14. The molecule has 0 saturated carbocycles. The minimum atomic E-state index is -6.09. The second-order valence-corrected chi connectivity index (χ2v) is 12.0. The summed E-state index contributed by atoms with van der Waals surface area (Å²) < 4.78 is 62.5. The average molecular weight is 617 g/mol. The molecule has 0 unspecified atom stereocenters. The van der Waals surface area contributed by atoms with Crippen LogP contribution in [0.15, 0.2) is 36.6 Å². The summed E-state index contributed by atoms with van der Waals surface area (Å²) in [7, 11) is -4.22. The SMILES string of the molecule is Cc1ccc(C(=O)c2ncn3cc(C4=C(C(=O)O)N5C(=O)[C@H]([C@@H](C)O)[C@H]5[C@H]4C)sc23)c[n+]1C.O=S(=O)([O-])C(F)(F)F. The van der Waals surface area contributed by atoms with Crippen molar-refractivity contribution in [3.63, 3.8) is 0 Å². The highest BCUT2D eigenvalue weighted by Crippen LogP contribution is 2.51. The number of carbonyl (C=O) groups excluding carboxylic acids is 2. The van der Waals surface area contributed by atoms with Crippen LogP contribution in [-0.4, -0.2) is 72.8 Å². The summed E-state index contributed by atoms with van der Waals surface area (Å²) in [6, 6.07) is 3.23. The van der Waals surface area contributed by atoms with Crippen LogP contribution in [0, 0.1) is 18.8 Å². The standard InChI is InChI=1S/C23H22N4O5S.CHF3O3S/c1-10-5-6-13(7-25(10)4)20(29)17-22-26(9-24-17)8-14(33-22)15-11(2)18-16(12(3)28)21(30)27(18)19(15)23(31)32;2-1(3,4)8(5,6)7/h5-9,11-12,16,18,28H,1-4H3;(H,5,6,7)/t11-,12+,16+,18+;/m0./s1. The van der Waals surface area contributed by atoms with E-state index in [1.54, 1.807) is 29.8 Å². The Bertz CT molecular complexity index is 1730. The summed E-state index contributed by atoms with van der Waals surface area (Å²) in [5.41, 5.74) is -3.35. The number of fused-ring (bicyclic) bond motifs is 2. The number of aliphatic hydroxyl groups is 1. The number of ketones is 1. The lowest BCUT2D eigenvalue weighted by molar-refractivity contribution is -0.677. The number of hydrogen-bond donors (Lipinski definition) is 2. The zero-order valence-electron chi connectivity index (χ0n) is 21.8. The molecule has 41 heavy (non-hydrogen) atoms. The number of nitrogens with zero attached hydrogens (tertiary/aromatic N) is 4. The Morgan fingerprint density at radius 2 is 1.88 bits per heavy atom. The third-order valence-electron chi connectivity index (χ3n) is 7.01. The predicted molar refractivity (Wildman–Crippen MR) is 134 cm³/mol. The number of amides is 1. The lowest BCUT2D eigenvalue weighted by atomic mass is 9.77. The molecule has 0 spiro atoms. The van der Waals surface area contributed by atoms with Crippen molar-refractivity contribution in [1.82, 2.24) is 14.3 Å². The van der Waals surface area contributed by atoms with Crippen LogP contribution in [0.5, 0.6) is 0 Å². The van der Waals surface area contributed by atoms with Crippen LogP contribution < -0.4 is 4.57 Å². The Balaban J connectivity index is 0.000000426. The fourth-order valence-electron chi connectivity index (χ4n) is 4.93. The number of β-lactam (4-membered cyclic amide) rings is 1. The van der Waals surface area contributed by atoms with Gasteiger partial charge in [-0.2, -0.15) is 13.2 Å². The number of alkyl halides is 3. The number of carboxylic acids is 1. The molecule has 3 aromatic heterocycles. The Kier molecular flexibility index (Phi) is 7.62. The number of aromatic nitrogens is 3. The van der Waals surface area contributed by atoms with Crippen molar-refractivity contribution in [2.24, 2.45) is 18.9 Å². The number of carbonyl (C=O) groups is 3. The number of carboxylic acid groups (broad SMARTS) is 1. The Labute approximate surface area is 234 Å². The molecule has 0 aromatic carbocycles. The van der Waals surface area contributed by atoms with Crippen LogP contribution in [0.2, 0.25) is 0 Å². The average Bonchev–Trinajstić information content (AvgIpc) is 3.49. The number of hydrogen-bond acceptors (Lipinski definition) is 9. The number of aliphatic carboxylic acids is 1. The molecular weight excluding hydrogens is 593 g/mol. The topological polar surface area (TPSA) is 173 Å². The highest BCUT2D eigenvalue weighted by Gasteiger charge is 2.60. The lowest BCUT2D eigenvalue weighted by Crippen LogP contribution is -2.63. The second-order valence-electron chi connectivity index (χ2n) is 9.62. The third kappa shape index (κ3) is 5.13. The molecule has 2 N–H and O–H groups in total. The van der Waals surface area contributed by atoms with Crippen molar-refractivity contribution in [2.75, 3.05) is 0 Å². The number of halogens is 3. The first-order valence-corrected chi connectivity index (χ1v) is 14.1. The maximum Gasteiger partial charge on any atom is 0.485 e. The molecule has 220 valence electrons. The third-order valence-corrected chi connectivity index (χ3v) is 8.71. The Hall–Kier alpha value is -3.67. The molecular formula is C24H23F3N4O8S2. The molecule has 2 aliphatic rings. The zero-order chi connectivity index (χ0) is 30.8. The largest absolute Gasteiger partial charge is 0.741 e. The van der Waals surface area contributed by atoms with E-state index in [4.69, 9.17) is 13.0 Å². The van der Waals surface area contributed by atoms with Gasteiger partial charge in [-0.15, -0.1) is 11.3 Å². The molecule has 17 heteroatoms. The van der Waals surface area contributed by atoms with E-state index in [1.165, 1.54) is 22.6 Å². The van der Waals surface area contributed by atoms with E-state index in [2.05, 4.69) is 4.98 Å². The van der Waals surface area contributed by atoms with E-state index in [-0.39, 0.29) is 23.3 Å². The molecule has 0 radical (unpaired) electrons. The number of pyridine rings is 1. The molecule has 5 rings (SSSR count). The summed E-state index contributed by atoms with van der Waals surface area (Å²) in [5, 5.41) is 20.0. The maximum atomic E-state index is 13.2. The van der Waals surface area contributed by atoms with Gasteiger partial charge in [0.15, 0.2) is 22.0 Å². The number of imidazole rings is 1. The van der Waals surface area contributed by atoms with Crippen molar-refractivity contribution in [1.29, 1.82) is 0 Å². The van der Waals surface area contributed by atoms with Gasteiger partial charge in [-0.25, -0.2) is 22.8 Å². The molecule has 1 amide bonds. The smallest absolute Gasteiger partial charge is 0.485 e. The molecule has 12 nitrogen and oxygen atoms in total. The molecule has 3 aromatic rings. The minimum Gasteiger partial charge on any atom is -0.741 e. The summed E-state index contributed by atoms with van der Waals surface area (Å²) in [6.07, 6.45) is 4.19. The van der Waals surface area contributed by atoms with Crippen LogP contribution >= 0.6 is 11.3 Å². The van der Waals surface area contributed by atoms with Crippen LogP contribution in [0.25, 0.3) is 10.4 Å². The fraction of sp³-hybridized carbons (Fsp3) is 0.375. The van der Waals surface area contributed by atoms with Crippen LogP contribution in [0.4, 0.5) is 13.2 Å². The zero-order valence-corrected chi connectivity index (χ0v) is 23.4. The van der Waals surface area contributed by atoms with Gasteiger partial charge in [0.25, 0.3) is 0 Å². The normalized spacial score (nSPS) is 21.3. The quantitative estimate of drug-likeness (QED) is 0.141. The number of aryl methyl sites for hydroxylation is 2. The second kappa shape index (κ2) is 10.3. The van der Waals surface area contributed by atoms with Crippen LogP contribution in [0.1, 0.15) is 40.5 Å². The molecule has 1 fully saturated rings. The van der Waals surface area contributed by atoms with Crippen LogP contribution in [0.3, 0.4) is 0 Å². The van der Waals surface area contributed by atoms with E-state index < -0.39 is 39.7 Å². The van der Waals surface area contributed by atoms with Crippen molar-refractivity contribution < 1.29 is 55.3 Å². The summed E-state index contributed by atoms with van der Waals surface area (Å²) >= 11 is 1.28. The highest BCUT2D eigenvalue weighted by atomic mass is 32.2. The molecule has 4 atom stereocenters. The van der Waals surface area contributed by atoms with Gasteiger partial charge >= 0.3 is 11.5 Å². The van der Waals surface area contributed by atoms with Crippen molar-refractivity contribution in [2.45, 2.75) is 38.4 Å². The van der Waals surface area contributed by atoms with Gasteiger partial charge < -0.3 is 19.7 Å². The molecule has 0 aliphatic carbocycles. The monoisotopic (exact) mass is 616 g/mol. The minimum absolute atomic E-state index is 0.0506. The van der Waals surface area contributed by atoms with E-state index in [1.807, 2.05) is 31.5 Å². The van der Waals surface area contributed by atoms with E-state index in [0.717, 1.165) is 5.69 Å². The first-order valence-electron chi connectivity index (χ1n) is 11.8.